The molecule has 103 heavy (non-hydrogen) atoms. The van der Waals surface area contributed by atoms with Gasteiger partial charge in [-0.3, -0.25) is 0 Å². The molecule has 0 spiro atoms. The van der Waals surface area contributed by atoms with Crippen molar-refractivity contribution in [3.05, 3.63) is 307 Å². The van der Waals surface area contributed by atoms with E-state index < -0.39 is 0 Å². The molecule has 506 valence electrons. The molecule has 2 aliphatic heterocycles. The number of nitrogens with zero attached hydrogens (tertiary/aromatic N) is 4. The molecule has 0 fully saturated rings. The molecule has 0 saturated heterocycles. The van der Waals surface area contributed by atoms with Gasteiger partial charge in [0.05, 0.1) is 33.4 Å². The van der Waals surface area contributed by atoms with Crippen molar-refractivity contribution in [2.45, 2.75) is 131 Å². The molecular formula is C98H91BN4. The maximum Gasteiger partial charge on any atom is 0.252 e. The van der Waals surface area contributed by atoms with Crippen LogP contribution in [0.3, 0.4) is 0 Å². The van der Waals surface area contributed by atoms with Crippen molar-refractivity contribution in [2.24, 2.45) is 0 Å². The average molecular weight is 1340 g/mol. The molecule has 0 aliphatic carbocycles. The highest BCUT2D eigenvalue weighted by molar-refractivity contribution is 7.00. The van der Waals surface area contributed by atoms with Crippen molar-refractivity contribution in [2.75, 3.05) is 9.80 Å². The fraction of sp³-hybridized carbons (Fsp3) is 0.204. The van der Waals surface area contributed by atoms with E-state index in [4.69, 9.17) is 0 Å². The van der Waals surface area contributed by atoms with Gasteiger partial charge in [0.15, 0.2) is 0 Å². The summed E-state index contributed by atoms with van der Waals surface area (Å²) in [4.78, 5) is 5.43. The summed E-state index contributed by atoms with van der Waals surface area (Å²) in [6.07, 6.45) is 0. The number of aromatic nitrogens is 2. The van der Waals surface area contributed by atoms with Crippen molar-refractivity contribution in [3.8, 4) is 55.9 Å². The van der Waals surface area contributed by atoms with Crippen LogP contribution in [0.1, 0.15) is 132 Å². The van der Waals surface area contributed by atoms with E-state index in [0.717, 1.165) is 34.1 Å². The van der Waals surface area contributed by atoms with Crippen LogP contribution >= 0.6 is 0 Å². The predicted octanol–water partition coefficient (Wildman–Crippen LogP) is 25.1. The van der Waals surface area contributed by atoms with E-state index in [1.807, 2.05) is 0 Å². The maximum atomic E-state index is 2.71. The van der Waals surface area contributed by atoms with Gasteiger partial charge in [-0.2, -0.15) is 0 Å². The van der Waals surface area contributed by atoms with Crippen molar-refractivity contribution < 1.29 is 0 Å². The third-order valence-corrected chi connectivity index (χ3v) is 22.3. The first-order chi connectivity index (χ1) is 49.2. The quantitative estimate of drug-likeness (QED) is 0.141. The molecule has 0 N–H and O–H groups in total. The summed E-state index contributed by atoms with van der Waals surface area (Å²) in [6.45, 7) is 34.9. The Kier molecular flexibility index (Phi) is 15.2. The van der Waals surface area contributed by atoms with Gasteiger partial charge in [-0.25, -0.2) is 0 Å². The number of fused-ring (bicyclic) bond motifs is 10. The van der Waals surface area contributed by atoms with Gasteiger partial charge < -0.3 is 18.9 Å². The smallest absolute Gasteiger partial charge is 0.252 e. The fourth-order valence-corrected chi connectivity index (χ4v) is 16.5. The summed E-state index contributed by atoms with van der Waals surface area (Å²) in [7, 11) is 0. The Bertz CT molecular complexity index is 5480. The Labute approximate surface area is 609 Å². The zero-order valence-corrected chi connectivity index (χ0v) is 62.4. The van der Waals surface area contributed by atoms with Crippen LogP contribution in [0, 0.1) is 0 Å². The second-order valence-electron chi connectivity index (χ2n) is 34.3. The first kappa shape index (κ1) is 65.4. The lowest BCUT2D eigenvalue weighted by Gasteiger charge is -2.46. The van der Waals surface area contributed by atoms with Crippen LogP contribution in [0.2, 0.25) is 0 Å². The highest BCUT2D eigenvalue weighted by Gasteiger charge is 2.46. The number of hydrogen-bond acceptors (Lipinski definition) is 2. The van der Waals surface area contributed by atoms with E-state index in [1.165, 1.54) is 144 Å². The van der Waals surface area contributed by atoms with Crippen molar-refractivity contribution in [3.63, 3.8) is 0 Å². The largest absolute Gasteiger partial charge is 0.311 e. The topological polar surface area (TPSA) is 16.3 Å². The maximum absolute atomic E-state index is 2.71. The Morgan fingerprint density at radius 1 is 0.223 bits per heavy atom. The number of hydrogen-bond donors (Lipinski definition) is 0. The van der Waals surface area contributed by atoms with Crippen LogP contribution in [0.25, 0.3) is 99.5 Å². The molecule has 0 saturated carbocycles. The summed E-state index contributed by atoms with van der Waals surface area (Å²) in [5.74, 6) is 0. The van der Waals surface area contributed by atoms with Gasteiger partial charge in [0.25, 0.3) is 6.71 Å². The highest BCUT2D eigenvalue weighted by Crippen LogP contribution is 2.53. The van der Waals surface area contributed by atoms with E-state index in [2.05, 4.69) is 402 Å². The third-order valence-electron chi connectivity index (χ3n) is 22.3. The van der Waals surface area contributed by atoms with Crippen LogP contribution in [0.15, 0.2) is 279 Å². The standard InChI is InChI=1S/C98H91BN4/c1-94(2,3)68-32-24-28-62(52-68)64-44-48-75(66-30-26-34-70(54-66)96(7,8)9)87(56-64)102-89-60-73(100-83-40-20-16-36-77(83)78-37-17-21-41-84(78)100)46-50-81(89)99-82-51-47-74(101-85-42-22-18-38-79(85)80-39-19-23-43-86(80)101)61-90(82)103(92-59-72(98(13,14)15)58-91(102)93(92)99)88-57-65(63-29-25-33-69(53-63)95(4,5)6)45-49-76(88)67-31-27-35-71(55-67)97(10,11)12/h16-61H,1-15H3. The van der Waals surface area contributed by atoms with Gasteiger partial charge in [-0.05, 0) is 177 Å². The molecule has 0 unspecified atom stereocenters. The Morgan fingerprint density at radius 3 is 0.854 bits per heavy atom. The molecule has 2 aromatic heterocycles. The predicted molar refractivity (Wildman–Crippen MR) is 444 cm³/mol. The zero-order chi connectivity index (χ0) is 71.4. The van der Waals surface area contributed by atoms with Gasteiger partial charge in [-0.15, -0.1) is 0 Å². The highest BCUT2D eigenvalue weighted by atomic mass is 15.2. The minimum atomic E-state index is -0.313. The molecule has 0 radical (unpaired) electrons. The minimum Gasteiger partial charge on any atom is -0.311 e. The lowest BCUT2D eigenvalue weighted by Crippen LogP contribution is -2.61. The molecule has 4 nitrogen and oxygen atoms in total. The summed E-state index contributed by atoms with van der Waals surface area (Å²) in [6, 6.07) is 108. The number of benzene rings is 13. The third kappa shape index (κ3) is 11.1. The first-order valence-electron chi connectivity index (χ1n) is 37.0. The monoisotopic (exact) mass is 1330 g/mol. The van der Waals surface area contributed by atoms with Gasteiger partial charge in [0.1, 0.15) is 0 Å². The second-order valence-corrected chi connectivity index (χ2v) is 34.3. The normalized spacial score (nSPS) is 13.3. The molecule has 15 aromatic rings. The van der Waals surface area contributed by atoms with Crippen molar-refractivity contribution >= 4 is 101 Å². The van der Waals surface area contributed by atoms with Crippen LogP contribution in [0.5, 0.6) is 0 Å². The fourth-order valence-electron chi connectivity index (χ4n) is 16.5. The SMILES string of the molecule is CC(C)(C)c1cccc(-c2ccc(-c3cccc(C(C)(C)C)c3)c(N3c4cc(-n5c6ccccc6c6ccccc65)ccc4B4c5ccc(-n6c7ccccc7c7ccccc76)cc5N(c5cc(-c6cccc(C(C)(C)C)c6)ccc5-c5cccc(C(C)(C)C)c5)c5cc(C(C)(C)C)cc3c54)c2)c1. The summed E-state index contributed by atoms with van der Waals surface area (Å²) >= 11 is 0. The molecule has 17 rings (SSSR count). The lowest BCUT2D eigenvalue weighted by molar-refractivity contribution is 0.590. The number of rotatable bonds is 8. The molecule has 2 aliphatic rings. The Hall–Kier alpha value is -10.9. The first-order valence-corrected chi connectivity index (χ1v) is 37.0. The number of para-hydroxylation sites is 4. The molecule has 13 aromatic carbocycles. The van der Waals surface area contributed by atoms with E-state index in [-0.39, 0.29) is 33.8 Å². The molecular weight excluding hydrogens is 1240 g/mol. The summed E-state index contributed by atoms with van der Waals surface area (Å²) in [5, 5.41) is 4.94. The summed E-state index contributed by atoms with van der Waals surface area (Å²) in [5.41, 5.74) is 32.8. The Morgan fingerprint density at radius 2 is 0.524 bits per heavy atom. The van der Waals surface area contributed by atoms with E-state index in [1.54, 1.807) is 0 Å². The molecule has 4 heterocycles. The van der Waals surface area contributed by atoms with Crippen LogP contribution in [-0.2, 0) is 27.1 Å². The van der Waals surface area contributed by atoms with Gasteiger partial charge >= 0.3 is 0 Å². The van der Waals surface area contributed by atoms with Crippen LogP contribution < -0.4 is 26.2 Å². The van der Waals surface area contributed by atoms with Crippen LogP contribution in [-0.4, -0.2) is 15.8 Å². The van der Waals surface area contributed by atoms with Gasteiger partial charge in [0.2, 0.25) is 0 Å². The van der Waals surface area contributed by atoms with Gasteiger partial charge in [0, 0.05) is 66.8 Å². The average Bonchev–Trinajstić information content (AvgIpc) is 1.68. The van der Waals surface area contributed by atoms with Crippen molar-refractivity contribution in [1.82, 2.24) is 9.13 Å². The van der Waals surface area contributed by atoms with E-state index in [9.17, 15) is 0 Å². The second kappa shape index (κ2) is 23.9. The minimum absolute atomic E-state index is 0.0553. The van der Waals surface area contributed by atoms with Gasteiger partial charge in [-0.1, -0.05) is 310 Å². The molecule has 5 heteroatoms. The lowest BCUT2D eigenvalue weighted by atomic mass is 9.33. The van der Waals surface area contributed by atoms with Crippen LogP contribution in [0.4, 0.5) is 34.1 Å². The molecule has 0 atom stereocenters. The Balaban J connectivity index is 1.04. The van der Waals surface area contributed by atoms with Crippen molar-refractivity contribution in [1.29, 1.82) is 0 Å². The number of anilines is 6. The molecule has 0 bridgehead atoms. The zero-order valence-electron chi connectivity index (χ0n) is 62.4. The van der Waals surface area contributed by atoms with E-state index in [0.29, 0.717) is 0 Å². The van der Waals surface area contributed by atoms with E-state index >= 15 is 0 Å². The summed E-state index contributed by atoms with van der Waals surface area (Å²) < 4.78 is 5.01. The molecule has 0 amide bonds.